The fourth-order valence-corrected chi connectivity index (χ4v) is 0.600. The normalized spacial score (nSPS) is 7.20. The van der Waals surface area contributed by atoms with E-state index in [9.17, 15) is 0 Å². The molecule has 0 saturated carbocycles. The van der Waals surface area contributed by atoms with Crippen LogP contribution in [0.1, 0.15) is 11.1 Å². The summed E-state index contributed by atoms with van der Waals surface area (Å²) in [6.45, 7) is 4.24. The number of aryl methyl sites for hydroxylation is 2. The molecule has 0 aliphatic heterocycles. The van der Waals surface area contributed by atoms with Crippen LogP contribution in [0.3, 0.4) is 0 Å². The van der Waals surface area contributed by atoms with E-state index in [4.69, 9.17) is 5.11 Å². The van der Waals surface area contributed by atoms with Gasteiger partial charge in [-0.25, -0.2) is 12.1 Å². The molecule has 1 aromatic rings. The monoisotopic (exact) mass is 173 g/mol. The van der Waals surface area contributed by atoms with Crippen molar-refractivity contribution in [1.29, 1.82) is 0 Å². The quantitative estimate of drug-likeness (QED) is 0.467. The predicted octanol–water partition coefficient (Wildman–Crippen LogP) is 1.63. The largest absolute Gasteiger partial charge is 0.400 e. The van der Waals surface area contributed by atoms with Crippen LogP contribution in [0.5, 0.6) is 0 Å². The van der Waals surface area contributed by atoms with Gasteiger partial charge in [-0.05, 0) is 0 Å². The molecule has 2 heteroatoms. The zero-order valence-corrected chi connectivity index (χ0v) is 8.24. The van der Waals surface area contributed by atoms with E-state index >= 15 is 0 Å². The van der Waals surface area contributed by atoms with Crippen LogP contribution >= 0.6 is 0 Å². The molecule has 10 heavy (non-hydrogen) atoms. The topological polar surface area (TPSA) is 20.2 Å². The third kappa shape index (κ3) is 3.94. The molecule has 1 N–H and O–H groups in total. The molecule has 0 unspecified atom stereocenters. The summed E-state index contributed by atoms with van der Waals surface area (Å²) in [5.74, 6) is 0. The van der Waals surface area contributed by atoms with Gasteiger partial charge in [0.15, 0.2) is 0 Å². The predicted molar refractivity (Wildman–Crippen MR) is 39.7 cm³/mol. The van der Waals surface area contributed by atoms with E-state index in [2.05, 4.69) is 32.0 Å². The van der Waals surface area contributed by atoms with Crippen molar-refractivity contribution in [1.82, 2.24) is 0 Å². The second kappa shape index (κ2) is 7.14. The maximum Gasteiger partial charge on any atom is 0.0319 e. The first kappa shape index (κ1) is 12.7. The summed E-state index contributed by atoms with van der Waals surface area (Å²) in [4.78, 5) is 0. The van der Waals surface area contributed by atoms with Crippen LogP contribution in [-0.2, 0) is 21.7 Å². The van der Waals surface area contributed by atoms with Crippen LogP contribution in [0.4, 0.5) is 0 Å². The van der Waals surface area contributed by atoms with Crippen LogP contribution in [0.25, 0.3) is 0 Å². The minimum atomic E-state index is 0. The van der Waals surface area contributed by atoms with Gasteiger partial charge in [-0.3, -0.25) is 0 Å². The summed E-state index contributed by atoms with van der Waals surface area (Å²) in [6.07, 6.45) is 0. The van der Waals surface area contributed by atoms with Gasteiger partial charge in [0.25, 0.3) is 0 Å². The van der Waals surface area contributed by atoms with Crippen molar-refractivity contribution in [3.05, 3.63) is 29.3 Å². The molecule has 0 spiro atoms. The van der Waals surface area contributed by atoms with Gasteiger partial charge in [0.2, 0.25) is 0 Å². The summed E-state index contributed by atoms with van der Waals surface area (Å²) in [5.41, 5.74) is 2.78. The molecular weight excluding hydrogens is 160 g/mol. The Hall–Kier alpha value is 0.0243. The summed E-state index contributed by atoms with van der Waals surface area (Å²) in [5, 5.41) is 7.00. The first-order valence-electron chi connectivity index (χ1n) is 2.94. The first-order chi connectivity index (χ1) is 4.30. The molecule has 0 fully saturated rings. The molecule has 1 rings (SSSR count). The number of rotatable bonds is 0. The fourth-order valence-electron chi connectivity index (χ4n) is 0.600. The Morgan fingerprint density at radius 1 is 1.40 bits per heavy atom. The number of aliphatic hydroxyl groups excluding tert-OH is 1. The molecule has 0 amide bonds. The van der Waals surface area contributed by atoms with E-state index in [1.165, 1.54) is 11.1 Å². The van der Waals surface area contributed by atoms with Crippen LogP contribution in [0, 0.1) is 13.8 Å². The van der Waals surface area contributed by atoms with Crippen molar-refractivity contribution in [2.45, 2.75) is 13.8 Å². The summed E-state index contributed by atoms with van der Waals surface area (Å²) >= 11 is 0. The van der Waals surface area contributed by atoms with Gasteiger partial charge >= 0.3 is 0 Å². The number of aliphatic hydroxyl groups is 1. The van der Waals surface area contributed by atoms with Crippen LogP contribution in [0.15, 0.2) is 18.2 Å². The van der Waals surface area contributed by atoms with E-state index in [0.29, 0.717) is 0 Å². The van der Waals surface area contributed by atoms with Crippen molar-refractivity contribution >= 4 is 0 Å². The third-order valence-corrected chi connectivity index (χ3v) is 1.31. The summed E-state index contributed by atoms with van der Waals surface area (Å²) in [6, 6.07) is 6.31. The van der Waals surface area contributed by atoms with Gasteiger partial charge in [0.05, 0.1) is 0 Å². The van der Waals surface area contributed by atoms with Crippen LogP contribution in [-0.4, -0.2) is 12.2 Å². The number of hydrogen-bond donors (Lipinski definition) is 1. The minimum absolute atomic E-state index is 0. The molecule has 0 atom stereocenters. The van der Waals surface area contributed by atoms with Gasteiger partial charge in [0.1, 0.15) is 0 Å². The Kier molecular flexibility index (Phi) is 9.05. The van der Waals surface area contributed by atoms with E-state index in [1.54, 1.807) is 0 Å². The van der Waals surface area contributed by atoms with Crippen molar-refractivity contribution in [3.63, 3.8) is 0 Å². The average Bonchev–Trinajstić information content (AvgIpc) is 2.23. The molecule has 0 radical (unpaired) electrons. The Morgan fingerprint density at radius 2 is 1.90 bits per heavy atom. The van der Waals surface area contributed by atoms with Gasteiger partial charge in [-0.15, -0.1) is 0 Å². The van der Waals surface area contributed by atoms with Gasteiger partial charge < -0.3 is 5.11 Å². The molecule has 0 saturated heterocycles. The Bertz CT molecular complexity index is 142. The Labute approximate surface area is 77.3 Å². The summed E-state index contributed by atoms with van der Waals surface area (Å²) in [7, 11) is 1.00. The second-order valence-electron chi connectivity index (χ2n) is 1.89. The molecule has 0 aliphatic carbocycles. The fraction of sp³-hybridized carbons (Fsp3) is 0.375. The molecule has 0 aliphatic rings. The standard InChI is InChI=1S/C7H9.CH4O.Ti/c1-6-4-3-5-7(6)2;1-2;/h3-5H,1-2H3;2H,1H3;/q-1;;. The van der Waals surface area contributed by atoms with Crippen molar-refractivity contribution in [3.8, 4) is 0 Å². The van der Waals surface area contributed by atoms with Crippen LogP contribution in [0.2, 0.25) is 0 Å². The third-order valence-electron chi connectivity index (χ3n) is 1.31. The summed E-state index contributed by atoms with van der Waals surface area (Å²) < 4.78 is 0. The Morgan fingerprint density at radius 3 is 2.00 bits per heavy atom. The molecule has 56 valence electrons. The zero-order valence-electron chi connectivity index (χ0n) is 6.68. The molecule has 1 nitrogen and oxygen atoms in total. The first-order valence-corrected chi connectivity index (χ1v) is 2.94. The molecule has 0 bridgehead atoms. The van der Waals surface area contributed by atoms with Crippen molar-refractivity contribution < 1.29 is 26.8 Å². The van der Waals surface area contributed by atoms with Crippen molar-refractivity contribution in [2.75, 3.05) is 7.11 Å². The molecule has 1 aromatic carbocycles. The van der Waals surface area contributed by atoms with Gasteiger partial charge in [-0.2, -0.15) is 17.2 Å². The second-order valence-corrected chi connectivity index (χ2v) is 1.89. The van der Waals surface area contributed by atoms with Crippen LogP contribution < -0.4 is 0 Å². The SMILES string of the molecule is CO.Cc1ccc[c-]1C.[Ti]. The maximum absolute atomic E-state index is 7.00. The zero-order chi connectivity index (χ0) is 7.28. The van der Waals surface area contributed by atoms with E-state index in [1.807, 2.05) is 0 Å². The molecular formula is C8H13OTi-. The maximum atomic E-state index is 7.00. The molecule has 0 aromatic heterocycles. The molecule has 0 heterocycles. The average molecular weight is 173 g/mol. The van der Waals surface area contributed by atoms with E-state index in [0.717, 1.165) is 7.11 Å². The number of hydrogen-bond acceptors (Lipinski definition) is 1. The Balaban J connectivity index is 0. The minimum Gasteiger partial charge on any atom is -0.400 e. The van der Waals surface area contributed by atoms with Crippen molar-refractivity contribution in [2.24, 2.45) is 0 Å². The van der Waals surface area contributed by atoms with E-state index < -0.39 is 0 Å². The van der Waals surface area contributed by atoms with Gasteiger partial charge in [0, 0.05) is 28.8 Å². The smallest absolute Gasteiger partial charge is 0.0319 e. The van der Waals surface area contributed by atoms with Gasteiger partial charge in [-0.1, -0.05) is 13.8 Å². The van der Waals surface area contributed by atoms with E-state index in [-0.39, 0.29) is 21.7 Å².